The predicted molar refractivity (Wildman–Crippen MR) is 131 cm³/mol. The summed E-state index contributed by atoms with van der Waals surface area (Å²) in [5, 5.41) is 0. The number of aromatic nitrogens is 2. The normalized spacial score (nSPS) is 26.1. The van der Waals surface area contributed by atoms with Gasteiger partial charge in [0.15, 0.2) is 0 Å². The van der Waals surface area contributed by atoms with Crippen LogP contribution in [0.3, 0.4) is 0 Å². The molecule has 0 radical (unpaired) electrons. The average Bonchev–Trinajstić information content (AvgIpc) is 3.02. The van der Waals surface area contributed by atoms with Crippen LogP contribution in [-0.4, -0.2) is 88.3 Å². The van der Waals surface area contributed by atoms with Gasteiger partial charge in [-0.2, -0.15) is 0 Å². The number of carbonyl (C=O) groups is 1. The van der Waals surface area contributed by atoms with Gasteiger partial charge in [0.2, 0.25) is 0 Å². The molecule has 3 saturated heterocycles. The number of fused-ring (bicyclic) bond motifs is 2. The predicted octanol–water partition coefficient (Wildman–Crippen LogP) is 3.83. The first kappa shape index (κ1) is 25.3. The van der Waals surface area contributed by atoms with Gasteiger partial charge >= 0.3 is 0 Å². The molecule has 4 heterocycles. The Labute approximate surface area is 195 Å². The Bertz CT molecular complexity index is 675. The molecule has 180 valence electrons. The van der Waals surface area contributed by atoms with E-state index in [9.17, 15) is 4.79 Å². The highest BCUT2D eigenvalue weighted by Crippen LogP contribution is 2.29. The summed E-state index contributed by atoms with van der Waals surface area (Å²) < 4.78 is 0. The van der Waals surface area contributed by atoms with Crippen molar-refractivity contribution in [2.75, 3.05) is 39.8 Å². The lowest BCUT2D eigenvalue weighted by Gasteiger charge is -2.41. The van der Waals surface area contributed by atoms with E-state index in [4.69, 9.17) is 0 Å². The Kier molecular flexibility index (Phi) is 9.62. The highest BCUT2D eigenvalue weighted by Gasteiger charge is 2.38. The Morgan fingerprint density at radius 3 is 2.16 bits per heavy atom. The van der Waals surface area contributed by atoms with Gasteiger partial charge < -0.3 is 4.90 Å². The smallest absolute Gasteiger partial charge is 0.136 e. The first-order valence-electron chi connectivity index (χ1n) is 12.8. The number of piperidine rings is 1. The van der Waals surface area contributed by atoms with Gasteiger partial charge in [-0.3, -0.25) is 14.6 Å². The van der Waals surface area contributed by atoms with Crippen LogP contribution in [0.4, 0.5) is 0 Å². The van der Waals surface area contributed by atoms with Crippen LogP contribution in [0, 0.1) is 5.92 Å². The van der Waals surface area contributed by atoms with E-state index in [1.54, 1.807) is 6.33 Å². The second-order valence-electron chi connectivity index (χ2n) is 10.4. The molecule has 4 rings (SSSR count). The van der Waals surface area contributed by atoms with E-state index >= 15 is 0 Å². The summed E-state index contributed by atoms with van der Waals surface area (Å²) in [7, 11) is 2.30. The summed E-state index contributed by atoms with van der Waals surface area (Å²) in [5.41, 5.74) is 1.25. The zero-order valence-electron chi connectivity index (χ0n) is 21.0. The molecule has 0 saturated carbocycles. The monoisotopic (exact) mass is 443 g/mol. The first-order chi connectivity index (χ1) is 15.4. The van der Waals surface area contributed by atoms with Crippen LogP contribution in [0.5, 0.6) is 0 Å². The van der Waals surface area contributed by atoms with E-state index in [2.05, 4.69) is 45.6 Å². The van der Waals surface area contributed by atoms with Crippen molar-refractivity contribution in [3.8, 4) is 0 Å². The molecule has 1 aromatic rings. The summed E-state index contributed by atoms with van der Waals surface area (Å²) in [4.78, 5) is 27.5. The lowest BCUT2D eigenvalue weighted by molar-refractivity contribution is -0.122. The maximum Gasteiger partial charge on any atom is 0.136 e. The number of nitrogens with zero attached hydrogens (tertiary/aromatic N) is 5. The summed E-state index contributed by atoms with van der Waals surface area (Å²) in [6.45, 7) is 14.3. The van der Waals surface area contributed by atoms with Crippen molar-refractivity contribution < 1.29 is 4.79 Å². The fourth-order valence-corrected chi connectivity index (χ4v) is 5.33. The zero-order valence-corrected chi connectivity index (χ0v) is 21.0. The molecule has 6 nitrogen and oxygen atoms in total. The number of hydrogen-bond donors (Lipinski definition) is 0. The minimum Gasteiger partial charge on any atom is -0.303 e. The molecule has 6 heteroatoms. The topological polar surface area (TPSA) is 52.6 Å². The van der Waals surface area contributed by atoms with E-state index in [1.165, 1.54) is 37.9 Å². The zero-order chi connectivity index (χ0) is 23.1. The van der Waals surface area contributed by atoms with E-state index < -0.39 is 0 Å². The average molecular weight is 444 g/mol. The largest absolute Gasteiger partial charge is 0.303 e. The van der Waals surface area contributed by atoms with Gasteiger partial charge in [-0.15, -0.1) is 0 Å². The molecular formula is C26H45N5O. The van der Waals surface area contributed by atoms with Gasteiger partial charge in [0, 0.05) is 62.5 Å². The van der Waals surface area contributed by atoms with Crippen molar-refractivity contribution in [3.63, 3.8) is 0 Å². The van der Waals surface area contributed by atoms with Crippen LogP contribution < -0.4 is 0 Å². The van der Waals surface area contributed by atoms with Crippen molar-refractivity contribution in [2.45, 2.75) is 90.3 Å². The maximum absolute atomic E-state index is 11.6. The number of carbonyl (C=O) groups excluding carboxylic acids is 1. The molecule has 3 unspecified atom stereocenters. The Hall–Kier alpha value is -1.37. The van der Waals surface area contributed by atoms with Crippen LogP contribution in [0.2, 0.25) is 0 Å². The summed E-state index contributed by atoms with van der Waals surface area (Å²) >= 11 is 0. The van der Waals surface area contributed by atoms with Crippen molar-refractivity contribution >= 4 is 5.78 Å². The number of rotatable bonds is 7. The number of likely N-dealkylation sites (tertiary alicyclic amines) is 2. The molecule has 0 N–H and O–H groups in total. The van der Waals surface area contributed by atoms with Crippen molar-refractivity contribution in [1.82, 2.24) is 24.7 Å². The molecule has 3 aliphatic heterocycles. The van der Waals surface area contributed by atoms with Crippen LogP contribution in [-0.2, 0) is 4.79 Å². The summed E-state index contributed by atoms with van der Waals surface area (Å²) in [6, 6.07) is 2.50. The molecule has 2 bridgehead atoms. The molecular weight excluding hydrogens is 398 g/mol. The van der Waals surface area contributed by atoms with Crippen molar-refractivity contribution in [2.24, 2.45) is 5.92 Å². The molecule has 3 atom stereocenters. The summed E-state index contributed by atoms with van der Waals surface area (Å²) in [5.74, 6) is 1.12. The third-order valence-electron chi connectivity index (χ3n) is 8.05. The molecule has 0 spiro atoms. The third-order valence-corrected chi connectivity index (χ3v) is 8.05. The number of likely N-dealkylation sites (N-methyl/N-ethyl adjacent to an activating group) is 1. The van der Waals surface area contributed by atoms with E-state index in [-0.39, 0.29) is 5.92 Å². The molecule has 3 fully saturated rings. The van der Waals surface area contributed by atoms with Crippen LogP contribution >= 0.6 is 0 Å². The van der Waals surface area contributed by atoms with E-state index in [0.717, 1.165) is 50.6 Å². The molecule has 0 aliphatic carbocycles. The van der Waals surface area contributed by atoms with Gasteiger partial charge in [-0.25, -0.2) is 9.97 Å². The molecule has 3 aliphatic rings. The maximum atomic E-state index is 11.6. The highest BCUT2D eigenvalue weighted by molar-refractivity contribution is 5.80. The van der Waals surface area contributed by atoms with E-state index in [1.807, 2.05) is 26.2 Å². The van der Waals surface area contributed by atoms with Crippen LogP contribution in [0.1, 0.15) is 77.7 Å². The lowest BCUT2D eigenvalue weighted by atomic mass is 9.91. The van der Waals surface area contributed by atoms with Gasteiger partial charge in [-0.1, -0.05) is 20.8 Å². The highest BCUT2D eigenvalue weighted by atomic mass is 16.1. The standard InChI is InChI=1S/C15H23N3O.C11H22N2/c1-12(2)15(19)5-8-18-6-3-13(4-7-18)14-9-16-11-17-10-14;1-4-9(2)13-7-10-5-6-11(8-13)12(10)3/h9-13H,3-8H2,1-2H3;9-11H,4-8H2,1-3H3. The first-order valence-corrected chi connectivity index (χ1v) is 12.8. The Morgan fingerprint density at radius 1 is 1.03 bits per heavy atom. The number of ketones is 1. The van der Waals surface area contributed by atoms with Crippen LogP contribution in [0.25, 0.3) is 0 Å². The number of Topliss-reactive ketones (excluding diaryl/α,β-unsaturated/α-hetero) is 1. The molecule has 0 aromatic carbocycles. The summed E-state index contributed by atoms with van der Waals surface area (Å²) in [6.07, 6.45) is 12.6. The van der Waals surface area contributed by atoms with Gasteiger partial charge in [0.25, 0.3) is 0 Å². The van der Waals surface area contributed by atoms with Crippen molar-refractivity contribution in [1.29, 1.82) is 0 Å². The minimum absolute atomic E-state index is 0.166. The number of hydrogen-bond acceptors (Lipinski definition) is 6. The minimum atomic E-state index is 0.166. The molecule has 1 aromatic heterocycles. The number of piperazine rings is 1. The van der Waals surface area contributed by atoms with Gasteiger partial charge in [0.05, 0.1) is 0 Å². The fraction of sp³-hybridized carbons (Fsp3) is 0.808. The SMILES string of the molecule is CC(C)C(=O)CCN1CCC(c2cncnc2)CC1.CCC(C)N1CC2CCC(C1)N2C. The second-order valence-corrected chi connectivity index (χ2v) is 10.4. The fourth-order valence-electron chi connectivity index (χ4n) is 5.33. The third kappa shape index (κ3) is 6.82. The quantitative estimate of drug-likeness (QED) is 0.638. The molecule has 32 heavy (non-hydrogen) atoms. The lowest BCUT2D eigenvalue weighted by Crippen LogP contribution is -2.54. The Morgan fingerprint density at radius 2 is 1.62 bits per heavy atom. The second kappa shape index (κ2) is 12.2. The van der Waals surface area contributed by atoms with Gasteiger partial charge in [0.1, 0.15) is 12.1 Å². The van der Waals surface area contributed by atoms with Crippen molar-refractivity contribution in [3.05, 3.63) is 24.3 Å². The molecule has 0 amide bonds. The Balaban J connectivity index is 0.000000193. The van der Waals surface area contributed by atoms with Crippen LogP contribution in [0.15, 0.2) is 18.7 Å². The van der Waals surface area contributed by atoms with E-state index in [0.29, 0.717) is 18.1 Å². The van der Waals surface area contributed by atoms with Gasteiger partial charge in [-0.05, 0) is 70.6 Å².